The van der Waals surface area contributed by atoms with Crippen LogP contribution in [0, 0.1) is 0 Å². The molecule has 11 rings (SSSR count). The summed E-state index contributed by atoms with van der Waals surface area (Å²) in [7, 11) is 0. The van der Waals surface area contributed by atoms with Gasteiger partial charge in [0, 0.05) is 49.6 Å². The molecule has 54 heavy (non-hydrogen) atoms. The van der Waals surface area contributed by atoms with Crippen LogP contribution < -0.4 is 0 Å². The number of fused-ring (bicyclic) bond motifs is 8. The highest BCUT2D eigenvalue weighted by Crippen LogP contribution is 2.38. The molecular weight excluding hydrogens is 659 g/mol. The number of hydrogen-bond acceptors (Lipinski definition) is 3. The molecule has 0 aliphatic carbocycles. The van der Waals surface area contributed by atoms with E-state index in [-0.39, 0.29) is 0 Å². The number of hydrogen-bond donors (Lipinski definition) is 0. The van der Waals surface area contributed by atoms with Crippen molar-refractivity contribution < 1.29 is 0 Å². The van der Waals surface area contributed by atoms with Crippen molar-refractivity contribution >= 4 is 54.4 Å². The largest absolute Gasteiger partial charge is 0.309 e. The van der Waals surface area contributed by atoms with Gasteiger partial charge in [0.05, 0.1) is 22.1 Å². The number of para-hydroxylation sites is 3. The van der Waals surface area contributed by atoms with E-state index >= 15 is 0 Å². The lowest BCUT2D eigenvalue weighted by molar-refractivity contribution is 1.07. The Balaban J connectivity index is 1.12. The van der Waals surface area contributed by atoms with Crippen LogP contribution in [0.1, 0.15) is 0 Å². The number of aromatic nitrogens is 5. The second-order valence-corrected chi connectivity index (χ2v) is 13.7. The highest BCUT2D eigenvalue weighted by molar-refractivity contribution is 6.21. The summed E-state index contributed by atoms with van der Waals surface area (Å²) in [4.78, 5) is 15.4. The molecule has 0 aliphatic rings. The van der Waals surface area contributed by atoms with Gasteiger partial charge in [-0.15, -0.1) is 0 Å². The Labute approximate surface area is 311 Å². The fourth-order valence-corrected chi connectivity index (χ4v) is 8.12. The standard InChI is InChI=1S/C49H31N5/c1-3-15-33(16-4-1)47-50-48(52-49(51-47)35-26-28-40-39-22-9-11-24-42(39)53(45(40)31-35)36-18-5-2-6-19-36)34-17-13-20-37(30-34)54-43-25-12-10-23-41(43)46-38-21-8-7-14-32(38)27-29-44(46)54/h1-31H. The van der Waals surface area contributed by atoms with Gasteiger partial charge in [-0.25, -0.2) is 15.0 Å². The molecule has 0 fully saturated rings. The van der Waals surface area contributed by atoms with E-state index in [2.05, 4.69) is 179 Å². The first-order valence-electron chi connectivity index (χ1n) is 18.2. The average molecular weight is 690 g/mol. The molecule has 8 aromatic carbocycles. The lowest BCUT2D eigenvalue weighted by Gasteiger charge is -2.12. The Morgan fingerprint density at radius 3 is 1.61 bits per heavy atom. The third-order valence-electron chi connectivity index (χ3n) is 10.5. The molecule has 0 N–H and O–H groups in total. The molecular formula is C49H31N5. The number of rotatable bonds is 5. The van der Waals surface area contributed by atoms with Gasteiger partial charge in [-0.05, 0) is 59.3 Å². The van der Waals surface area contributed by atoms with Gasteiger partial charge in [-0.2, -0.15) is 0 Å². The molecule has 0 radical (unpaired) electrons. The summed E-state index contributed by atoms with van der Waals surface area (Å²) in [5, 5.41) is 7.36. The van der Waals surface area contributed by atoms with Gasteiger partial charge in [0.2, 0.25) is 0 Å². The minimum atomic E-state index is 0.621. The molecule has 3 heterocycles. The summed E-state index contributed by atoms with van der Waals surface area (Å²) in [5.41, 5.74) is 9.51. The highest BCUT2D eigenvalue weighted by Gasteiger charge is 2.18. The van der Waals surface area contributed by atoms with E-state index < -0.39 is 0 Å². The van der Waals surface area contributed by atoms with Gasteiger partial charge in [0.1, 0.15) is 0 Å². The topological polar surface area (TPSA) is 48.5 Å². The summed E-state index contributed by atoms with van der Waals surface area (Å²) in [5.74, 6) is 1.88. The molecule has 5 nitrogen and oxygen atoms in total. The third-order valence-corrected chi connectivity index (χ3v) is 10.5. The van der Waals surface area contributed by atoms with Crippen LogP contribution in [0.15, 0.2) is 188 Å². The fourth-order valence-electron chi connectivity index (χ4n) is 8.12. The minimum Gasteiger partial charge on any atom is -0.309 e. The van der Waals surface area contributed by atoms with Crippen LogP contribution >= 0.6 is 0 Å². The lowest BCUT2D eigenvalue weighted by atomic mass is 10.0. The molecule has 0 bridgehead atoms. The van der Waals surface area contributed by atoms with E-state index in [4.69, 9.17) is 15.0 Å². The summed E-state index contributed by atoms with van der Waals surface area (Å²) >= 11 is 0. The molecule has 252 valence electrons. The zero-order valence-electron chi connectivity index (χ0n) is 29.1. The maximum absolute atomic E-state index is 5.21. The van der Waals surface area contributed by atoms with Crippen molar-refractivity contribution in [3.63, 3.8) is 0 Å². The quantitative estimate of drug-likeness (QED) is 0.181. The van der Waals surface area contributed by atoms with Crippen molar-refractivity contribution in [2.75, 3.05) is 0 Å². The summed E-state index contributed by atoms with van der Waals surface area (Å²) in [6.45, 7) is 0. The van der Waals surface area contributed by atoms with Crippen molar-refractivity contribution in [2.45, 2.75) is 0 Å². The zero-order chi connectivity index (χ0) is 35.6. The third kappa shape index (κ3) is 4.76. The molecule has 3 aromatic heterocycles. The first kappa shape index (κ1) is 30.3. The average Bonchev–Trinajstić information content (AvgIpc) is 3.77. The van der Waals surface area contributed by atoms with Gasteiger partial charge in [0.25, 0.3) is 0 Å². The van der Waals surface area contributed by atoms with Crippen LogP contribution in [0.3, 0.4) is 0 Å². The Hall–Kier alpha value is -7.37. The van der Waals surface area contributed by atoms with Crippen LogP contribution in [0.5, 0.6) is 0 Å². The minimum absolute atomic E-state index is 0.621. The van der Waals surface area contributed by atoms with E-state index in [1.54, 1.807) is 0 Å². The van der Waals surface area contributed by atoms with Crippen molar-refractivity contribution in [1.29, 1.82) is 0 Å². The predicted molar refractivity (Wildman–Crippen MR) is 222 cm³/mol. The lowest BCUT2D eigenvalue weighted by Crippen LogP contribution is -2.01. The first-order chi connectivity index (χ1) is 26.8. The highest BCUT2D eigenvalue weighted by atomic mass is 15.0. The van der Waals surface area contributed by atoms with E-state index in [1.807, 2.05) is 18.2 Å². The maximum Gasteiger partial charge on any atom is 0.164 e. The summed E-state index contributed by atoms with van der Waals surface area (Å²) < 4.78 is 4.68. The van der Waals surface area contributed by atoms with E-state index in [0.29, 0.717) is 17.5 Å². The SMILES string of the molecule is c1ccc(-c2nc(-c3cccc(-n4c5ccccc5c5c6ccccc6ccc54)c3)nc(-c3ccc4c5ccccc5n(-c5ccccc5)c4c3)n2)cc1. The number of benzene rings is 8. The van der Waals surface area contributed by atoms with Crippen LogP contribution in [0.2, 0.25) is 0 Å². The zero-order valence-corrected chi connectivity index (χ0v) is 29.1. The second-order valence-electron chi connectivity index (χ2n) is 13.7. The molecule has 5 heteroatoms. The van der Waals surface area contributed by atoms with Gasteiger partial charge < -0.3 is 9.13 Å². The van der Waals surface area contributed by atoms with Gasteiger partial charge in [-0.1, -0.05) is 140 Å². The number of nitrogens with zero attached hydrogens (tertiary/aromatic N) is 5. The maximum atomic E-state index is 5.21. The van der Waals surface area contributed by atoms with Crippen molar-refractivity contribution in [2.24, 2.45) is 0 Å². The fraction of sp³-hybridized carbons (Fsp3) is 0. The Morgan fingerprint density at radius 2 is 0.833 bits per heavy atom. The van der Waals surface area contributed by atoms with Crippen LogP contribution in [0.4, 0.5) is 0 Å². The monoisotopic (exact) mass is 689 g/mol. The molecule has 0 spiro atoms. The van der Waals surface area contributed by atoms with E-state index in [1.165, 1.54) is 32.3 Å². The van der Waals surface area contributed by atoms with Crippen molar-refractivity contribution in [3.05, 3.63) is 188 Å². The molecule has 0 aliphatic heterocycles. The molecule has 0 saturated heterocycles. The van der Waals surface area contributed by atoms with Gasteiger partial charge in [-0.3, -0.25) is 0 Å². The predicted octanol–water partition coefficient (Wildman–Crippen LogP) is 12.2. The molecule has 0 saturated carbocycles. The van der Waals surface area contributed by atoms with E-state index in [9.17, 15) is 0 Å². The molecule has 0 unspecified atom stereocenters. The van der Waals surface area contributed by atoms with Crippen LogP contribution in [-0.4, -0.2) is 24.1 Å². The van der Waals surface area contributed by atoms with Gasteiger partial charge in [0.15, 0.2) is 17.5 Å². The van der Waals surface area contributed by atoms with Crippen LogP contribution in [0.25, 0.3) is 99.9 Å². The summed E-state index contributed by atoms with van der Waals surface area (Å²) in [6, 6.07) is 66.1. The van der Waals surface area contributed by atoms with E-state index in [0.717, 1.165) is 50.1 Å². The van der Waals surface area contributed by atoms with Crippen molar-refractivity contribution in [3.8, 4) is 45.5 Å². The van der Waals surface area contributed by atoms with Crippen LogP contribution in [-0.2, 0) is 0 Å². The Kier molecular flexibility index (Phi) is 6.79. The molecule has 0 atom stereocenters. The molecule has 11 aromatic rings. The normalized spacial score (nSPS) is 11.7. The smallest absolute Gasteiger partial charge is 0.164 e. The second kappa shape index (κ2) is 12.1. The first-order valence-corrected chi connectivity index (χ1v) is 18.2. The van der Waals surface area contributed by atoms with Crippen molar-refractivity contribution in [1.82, 2.24) is 24.1 Å². The molecule has 0 amide bonds. The Bertz CT molecular complexity index is 3210. The summed E-state index contributed by atoms with van der Waals surface area (Å²) in [6.07, 6.45) is 0. The Morgan fingerprint density at radius 1 is 0.296 bits per heavy atom. The van der Waals surface area contributed by atoms with Gasteiger partial charge >= 0.3 is 0 Å².